The van der Waals surface area contributed by atoms with Crippen LogP contribution in [0.3, 0.4) is 0 Å². The van der Waals surface area contributed by atoms with Crippen molar-refractivity contribution < 1.29 is 0 Å². The molecule has 0 atom stereocenters. The van der Waals surface area contributed by atoms with Crippen LogP contribution in [0.4, 0.5) is 0 Å². The summed E-state index contributed by atoms with van der Waals surface area (Å²) in [5, 5.41) is 14.3. The summed E-state index contributed by atoms with van der Waals surface area (Å²) in [5.41, 5.74) is 0.319. The van der Waals surface area contributed by atoms with E-state index in [-0.39, 0.29) is 18.2 Å². The predicted octanol–water partition coefficient (Wildman–Crippen LogP) is 0.968. The fourth-order valence-corrected chi connectivity index (χ4v) is 7.83. The number of nitrogens with one attached hydrogen (secondary N) is 4. The summed E-state index contributed by atoms with van der Waals surface area (Å²) in [6, 6.07) is 0. The van der Waals surface area contributed by atoms with Crippen molar-refractivity contribution in [2.24, 2.45) is 10.8 Å². The molecule has 5 heteroatoms. The second kappa shape index (κ2) is 6.60. The molecule has 0 rings (SSSR count). The van der Waals surface area contributed by atoms with Gasteiger partial charge in [-0.05, 0) is 0 Å². The number of hydrogen-bond acceptors (Lipinski definition) is 4. The van der Waals surface area contributed by atoms with Gasteiger partial charge in [0.15, 0.2) is 0 Å². The summed E-state index contributed by atoms with van der Waals surface area (Å²) < 4.78 is 0.0192. The predicted molar refractivity (Wildman–Crippen MR) is 86.4 cm³/mol. The Labute approximate surface area is 130 Å². The third kappa shape index (κ3) is 3.84. The van der Waals surface area contributed by atoms with Gasteiger partial charge in [-0.1, -0.05) is 0 Å². The molecule has 19 heavy (non-hydrogen) atoms. The van der Waals surface area contributed by atoms with E-state index in [0.717, 1.165) is 0 Å². The van der Waals surface area contributed by atoms with Gasteiger partial charge >= 0.3 is 130 Å². The molecule has 0 aliphatic rings. The van der Waals surface area contributed by atoms with Crippen LogP contribution < -0.4 is 21.3 Å². The molecule has 0 aliphatic heterocycles. The Morgan fingerprint density at radius 3 is 0.842 bits per heavy atom. The van der Waals surface area contributed by atoms with Crippen LogP contribution in [0.5, 0.6) is 0 Å². The minimum absolute atomic E-state index is 0.00958. The summed E-state index contributed by atoms with van der Waals surface area (Å²) in [4.78, 5) is 0. The Morgan fingerprint density at radius 1 is 0.526 bits per heavy atom. The molecule has 0 aromatic carbocycles. The quantitative estimate of drug-likeness (QED) is 0.412. The van der Waals surface area contributed by atoms with Gasteiger partial charge in [0.25, 0.3) is 0 Å². The molecule has 114 valence electrons. The van der Waals surface area contributed by atoms with E-state index < -0.39 is 21.1 Å². The van der Waals surface area contributed by atoms with Crippen LogP contribution in [0, 0.1) is 10.8 Å². The fourth-order valence-electron chi connectivity index (χ4n) is 2.66. The Kier molecular flexibility index (Phi) is 6.82. The van der Waals surface area contributed by atoms with Crippen molar-refractivity contribution in [2.45, 2.75) is 48.9 Å². The van der Waals surface area contributed by atoms with E-state index in [1.807, 2.05) is 0 Å². The number of hydrogen-bond donors (Lipinski definition) is 4. The topological polar surface area (TPSA) is 48.1 Å². The van der Waals surface area contributed by atoms with Crippen molar-refractivity contribution in [1.82, 2.24) is 21.3 Å². The van der Waals surface area contributed by atoms with E-state index in [9.17, 15) is 0 Å². The molecule has 4 N–H and O–H groups in total. The van der Waals surface area contributed by atoms with Gasteiger partial charge in [0.2, 0.25) is 0 Å². The first-order chi connectivity index (χ1) is 8.45. The zero-order chi connectivity index (χ0) is 15.5. The second-order valence-electron chi connectivity index (χ2n) is 7.12. The van der Waals surface area contributed by atoms with Crippen molar-refractivity contribution in [3.05, 3.63) is 0 Å². The first-order valence-electron chi connectivity index (χ1n) is 7.00. The average Bonchev–Trinajstić information content (AvgIpc) is 2.28. The monoisotopic (exact) mass is 378 g/mol. The first kappa shape index (κ1) is 19.6. The van der Waals surface area contributed by atoms with Crippen LogP contribution in [-0.4, -0.2) is 56.7 Å². The summed E-state index contributed by atoms with van der Waals surface area (Å²) in [6.07, 6.45) is 0. The molecule has 0 amide bonds. The van der Waals surface area contributed by atoms with Gasteiger partial charge in [0.1, 0.15) is 0 Å². The third-order valence-corrected chi connectivity index (χ3v) is 13.4. The maximum absolute atomic E-state index is 3.59. The van der Waals surface area contributed by atoms with Crippen molar-refractivity contribution in [2.75, 3.05) is 28.2 Å². The summed E-state index contributed by atoms with van der Waals surface area (Å²) in [7, 11) is 8.28. The standard InChI is InChI=1S/2C7H17N2.Sn/c2*1-7(2,3)6(8-4)9-5;/h2*8-9H,1-5H3;. The Morgan fingerprint density at radius 2 is 0.737 bits per heavy atom. The molecule has 0 fully saturated rings. The van der Waals surface area contributed by atoms with E-state index in [0.29, 0.717) is 0 Å². The molecule has 0 aromatic rings. The van der Waals surface area contributed by atoms with Crippen molar-refractivity contribution >= 4 is 21.1 Å². The molecule has 4 nitrogen and oxygen atoms in total. The molecule has 2 radical (unpaired) electrons. The van der Waals surface area contributed by atoms with Crippen LogP contribution in [0.25, 0.3) is 0 Å². The van der Waals surface area contributed by atoms with Crippen LogP contribution in [0.2, 0.25) is 0 Å². The maximum atomic E-state index is 3.59. The van der Waals surface area contributed by atoms with E-state index in [2.05, 4.69) is 91.0 Å². The van der Waals surface area contributed by atoms with Gasteiger partial charge in [-0.25, -0.2) is 0 Å². The van der Waals surface area contributed by atoms with Gasteiger partial charge in [-0.3, -0.25) is 0 Å². The van der Waals surface area contributed by atoms with Crippen LogP contribution in [0.1, 0.15) is 41.5 Å². The Hall–Kier alpha value is 0.639. The summed E-state index contributed by atoms with van der Waals surface area (Å²) in [6.45, 7) is 13.8. The summed E-state index contributed by atoms with van der Waals surface area (Å²) >= 11 is -0.975. The molecule has 0 aliphatic carbocycles. The van der Waals surface area contributed by atoms with Gasteiger partial charge < -0.3 is 0 Å². The van der Waals surface area contributed by atoms with E-state index in [1.54, 1.807) is 0 Å². The molecule has 0 aromatic heterocycles. The Bertz CT molecular complexity index is 242. The molecule has 0 saturated carbocycles. The molecule has 0 spiro atoms. The van der Waals surface area contributed by atoms with E-state index in [1.165, 1.54) is 0 Å². The zero-order valence-electron chi connectivity index (χ0n) is 14.5. The minimum atomic E-state index is -0.975. The van der Waals surface area contributed by atoms with E-state index in [4.69, 9.17) is 0 Å². The average molecular weight is 377 g/mol. The first-order valence-corrected chi connectivity index (χ1v) is 9.85. The van der Waals surface area contributed by atoms with Gasteiger partial charge in [0, 0.05) is 0 Å². The zero-order valence-corrected chi connectivity index (χ0v) is 17.4. The Balaban J connectivity index is 5.66. The van der Waals surface area contributed by atoms with Crippen molar-refractivity contribution in [3.8, 4) is 0 Å². The van der Waals surface area contributed by atoms with Crippen LogP contribution in [-0.2, 0) is 0 Å². The molecular formula is C14H34N4Sn. The second-order valence-corrected chi connectivity index (χ2v) is 12.1. The van der Waals surface area contributed by atoms with E-state index >= 15 is 0 Å². The fraction of sp³-hybridized carbons (Fsp3) is 1.00. The number of rotatable bonds is 6. The third-order valence-electron chi connectivity index (χ3n) is 4.12. The van der Waals surface area contributed by atoms with Crippen LogP contribution >= 0.6 is 0 Å². The van der Waals surface area contributed by atoms with Crippen molar-refractivity contribution in [1.29, 1.82) is 0 Å². The normalized spacial score (nSPS) is 14.8. The SMILES string of the molecule is CN[C](NC)([Sn][C](NC)(NC)C(C)(C)C)C(C)(C)C. The van der Waals surface area contributed by atoms with Gasteiger partial charge in [-0.2, -0.15) is 0 Å². The molecule has 0 heterocycles. The summed E-state index contributed by atoms with van der Waals surface area (Å²) in [5.74, 6) is 0. The van der Waals surface area contributed by atoms with Crippen LogP contribution in [0.15, 0.2) is 0 Å². The molecule has 0 saturated heterocycles. The van der Waals surface area contributed by atoms with Crippen molar-refractivity contribution in [3.63, 3.8) is 0 Å². The van der Waals surface area contributed by atoms with Gasteiger partial charge in [-0.15, -0.1) is 0 Å². The van der Waals surface area contributed by atoms with Gasteiger partial charge in [0.05, 0.1) is 0 Å². The molecular weight excluding hydrogens is 343 g/mol. The molecule has 0 bridgehead atoms. The molecule has 0 unspecified atom stereocenters.